The van der Waals surface area contributed by atoms with E-state index < -0.39 is 67.7 Å². The van der Waals surface area contributed by atoms with Gasteiger partial charge in [-0.3, -0.25) is 14.4 Å². The van der Waals surface area contributed by atoms with Crippen LogP contribution in [0.1, 0.15) is 23.7 Å². The molecule has 0 bridgehead atoms. The molecule has 2 heterocycles. The Bertz CT molecular complexity index is 1120. The average molecular weight is 454 g/mol. The van der Waals surface area contributed by atoms with Gasteiger partial charge in [0, 0.05) is 11.8 Å². The molecule has 2 fully saturated rings. The Morgan fingerprint density at radius 3 is 2.55 bits per heavy atom. The zero-order chi connectivity index (χ0) is 23.1. The maximum atomic E-state index is 12.7. The summed E-state index contributed by atoms with van der Waals surface area (Å²) in [6, 6.07) is 1.60. The number of hydrogen-bond acceptors (Lipinski definition) is 9. The summed E-state index contributed by atoms with van der Waals surface area (Å²) in [5.74, 6) is -4.67. The largest absolute Gasteiger partial charge is 0.504 e. The Morgan fingerprint density at radius 1 is 1.29 bits per heavy atom. The van der Waals surface area contributed by atoms with Gasteiger partial charge in [0.1, 0.15) is 10.1 Å². The van der Waals surface area contributed by atoms with E-state index >= 15 is 0 Å². The van der Waals surface area contributed by atoms with Crippen LogP contribution in [0.2, 0.25) is 0 Å². The molecule has 0 saturated carbocycles. The van der Waals surface area contributed by atoms with E-state index in [9.17, 15) is 42.9 Å². The molecule has 0 radical (unpaired) electrons. The molecule has 3 atom stereocenters. The van der Waals surface area contributed by atoms with Crippen molar-refractivity contribution in [3.8, 4) is 11.5 Å². The minimum Gasteiger partial charge on any atom is -0.504 e. The number of β-lactam (4-membered cyclic amide) rings is 1. The summed E-state index contributed by atoms with van der Waals surface area (Å²) in [7, 11) is -4.11. The van der Waals surface area contributed by atoms with Crippen molar-refractivity contribution in [2.45, 2.75) is 29.5 Å². The van der Waals surface area contributed by atoms with E-state index in [1.807, 2.05) is 5.43 Å². The quantitative estimate of drug-likeness (QED) is 0.141. The van der Waals surface area contributed by atoms with Crippen molar-refractivity contribution in [1.29, 1.82) is 0 Å². The molecule has 0 unspecified atom stereocenters. The molecule has 1 aromatic rings. The van der Waals surface area contributed by atoms with Crippen molar-refractivity contribution in [3.63, 3.8) is 0 Å². The van der Waals surface area contributed by atoms with Gasteiger partial charge in [-0.1, -0.05) is 0 Å². The van der Waals surface area contributed by atoms with E-state index in [-0.39, 0.29) is 12.0 Å². The Kier molecular flexibility index (Phi) is 5.35. The van der Waals surface area contributed by atoms with Crippen LogP contribution >= 0.6 is 0 Å². The van der Waals surface area contributed by atoms with E-state index in [4.69, 9.17) is 0 Å². The highest BCUT2D eigenvalue weighted by Gasteiger charge is 2.69. The minimum atomic E-state index is -4.11. The molecule has 166 valence electrons. The van der Waals surface area contributed by atoms with E-state index in [0.717, 1.165) is 30.2 Å². The van der Waals surface area contributed by atoms with Crippen LogP contribution in [0.15, 0.2) is 23.3 Å². The molecular weight excluding hydrogens is 436 g/mol. The van der Waals surface area contributed by atoms with Gasteiger partial charge in [0.05, 0.1) is 13.0 Å². The third kappa shape index (κ3) is 3.54. The van der Waals surface area contributed by atoms with Gasteiger partial charge >= 0.3 is 5.97 Å². The van der Waals surface area contributed by atoms with E-state index in [0.29, 0.717) is 0 Å². The summed E-state index contributed by atoms with van der Waals surface area (Å²) in [6.07, 6.45) is 0.436. The number of aromatic hydroxyl groups is 2. The summed E-state index contributed by atoms with van der Waals surface area (Å²) >= 11 is 0. The number of sulfone groups is 1. The van der Waals surface area contributed by atoms with Crippen molar-refractivity contribution in [2.24, 2.45) is 5.10 Å². The van der Waals surface area contributed by atoms with Crippen molar-refractivity contribution in [3.05, 3.63) is 23.8 Å². The van der Waals surface area contributed by atoms with Crippen LogP contribution in [-0.4, -0.2) is 81.3 Å². The fraction of sp³-hybridized carbons (Fsp3) is 0.353. The summed E-state index contributed by atoms with van der Waals surface area (Å²) in [6.45, 7) is 0.526. The van der Waals surface area contributed by atoms with Gasteiger partial charge < -0.3 is 25.5 Å². The average Bonchev–Trinajstić information content (AvgIpc) is 2.83. The Hall–Kier alpha value is -3.68. The van der Waals surface area contributed by atoms with Crippen LogP contribution in [0.5, 0.6) is 11.5 Å². The van der Waals surface area contributed by atoms with E-state index in [2.05, 4.69) is 10.4 Å². The highest BCUT2D eigenvalue weighted by atomic mass is 32.2. The zero-order valence-electron chi connectivity index (χ0n) is 16.0. The van der Waals surface area contributed by atoms with E-state index in [1.165, 1.54) is 6.07 Å². The van der Waals surface area contributed by atoms with Gasteiger partial charge in [-0.15, -0.1) is 0 Å². The predicted octanol–water partition coefficient (Wildman–Crippen LogP) is -1.87. The molecule has 31 heavy (non-hydrogen) atoms. The molecule has 0 aliphatic carbocycles. The van der Waals surface area contributed by atoms with Gasteiger partial charge in [-0.05, 0) is 25.1 Å². The second-order valence-electron chi connectivity index (χ2n) is 7.11. The lowest BCUT2D eigenvalue weighted by Crippen LogP contribution is -2.57. The van der Waals surface area contributed by atoms with Gasteiger partial charge in [0.25, 0.3) is 11.8 Å². The van der Waals surface area contributed by atoms with Gasteiger partial charge in [0.2, 0.25) is 5.91 Å². The second kappa shape index (κ2) is 7.54. The van der Waals surface area contributed by atoms with Crippen LogP contribution < -0.4 is 10.7 Å². The standard InChI is InChI=1S/C17H18N4O9S/c1-17(14(16(27)28)21-12(25)5-13(21)31(17,29)30)7-19-20-11(24)6-18-15(26)8-2-3-9(22)10(23)4-8/h2-4,7,13-14,22-23H,5-6H2,1H3,(H,18,26)(H,20,24)(H,27,28)/b19-7+/t13-,14+,17+/m1/s1. The monoisotopic (exact) mass is 454 g/mol. The number of carbonyl (C=O) groups is 4. The Labute approximate surface area is 175 Å². The topological polar surface area (TPSA) is 203 Å². The first kappa shape index (κ1) is 22.0. The number of benzene rings is 1. The predicted molar refractivity (Wildman–Crippen MR) is 103 cm³/mol. The second-order valence-corrected chi connectivity index (χ2v) is 9.62. The number of aliphatic carboxylic acids is 1. The third-order valence-corrected chi connectivity index (χ3v) is 7.80. The molecule has 3 rings (SSSR count). The van der Waals surface area contributed by atoms with Crippen LogP contribution in [0.3, 0.4) is 0 Å². The maximum absolute atomic E-state index is 12.7. The number of rotatable bonds is 6. The highest BCUT2D eigenvalue weighted by Crippen LogP contribution is 2.45. The minimum absolute atomic E-state index is 0.0327. The molecule has 2 aliphatic rings. The van der Waals surface area contributed by atoms with Crippen LogP contribution in [0.4, 0.5) is 0 Å². The van der Waals surface area contributed by atoms with Crippen molar-refractivity contribution in [1.82, 2.24) is 15.6 Å². The third-order valence-electron chi connectivity index (χ3n) is 5.13. The van der Waals surface area contributed by atoms with Crippen LogP contribution in [-0.2, 0) is 24.2 Å². The number of nitrogens with one attached hydrogen (secondary N) is 2. The lowest BCUT2D eigenvalue weighted by molar-refractivity contribution is -0.156. The number of amides is 3. The number of nitrogens with zero attached hydrogens (tertiary/aromatic N) is 2. The number of fused-ring (bicyclic) bond motifs is 1. The first-order valence-electron chi connectivity index (χ1n) is 8.81. The fourth-order valence-corrected chi connectivity index (χ4v) is 5.61. The van der Waals surface area contributed by atoms with Crippen molar-refractivity contribution < 1.29 is 42.9 Å². The molecular formula is C17H18N4O9S. The maximum Gasteiger partial charge on any atom is 0.328 e. The number of hydrogen-bond donors (Lipinski definition) is 5. The molecule has 0 spiro atoms. The SMILES string of the molecule is C[C@]1(/C=N/NC(=O)CNC(=O)c2ccc(O)c(O)c2)[C@H](C(=O)O)N2C(=O)C[C@H]2S1(=O)=O. The van der Waals surface area contributed by atoms with E-state index in [1.54, 1.807) is 0 Å². The van der Waals surface area contributed by atoms with Crippen LogP contribution in [0, 0.1) is 0 Å². The normalized spacial score (nSPS) is 26.2. The highest BCUT2D eigenvalue weighted by molar-refractivity contribution is 7.94. The number of phenolic OH excluding ortho intramolecular Hbond substituents is 2. The number of hydrazone groups is 1. The summed E-state index contributed by atoms with van der Waals surface area (Å²) in [5, 5.41) is 32.5. The number of phenols is 2. The lowest BCUT2D eigenvalue weighted by Gasteiger charge is -2.35. The van der Waals surface area contributed by atoms with Gasteiger partial charge in [0.15, 0.2) is 27.4 Å². The lowest BCUT2D eigenvalue weighted by atomic mass is 9.97. The smallest absolute Gasteiger partial charge is 0.328 e. The first-order valence-corrected chi connectivity index (χ1v) is 10.4. The molecule has 5 N–H and O–H groups in total. The molecule has 2 aliphatic heterocycles. The zero-order valence-corrected chi connectivity index (χ0v) is 16.8. The van der Waals surface area contributed by atoms with Crippen LogP contribution in [0.25, 0.3) is 0 Å². The molecule has 13 nitrogen and oxygen atoms in total. The summed E-state index contributed by atoms with van der Waals surface area (Å²) in [4.78, 5) is 47.9. The molecule has 0 aromatic heterocycles. The fourth-order valence-electron chi connectivity index (χ4n) is 3.40. The number of carbonyl (C=O) groups excluding carboxylic acids is 3. The van der Waals surface area contributed by atoms with Crippen molar-refractivity contribution >= 4 is 39.7 Å². The summed E-state index contributed by atoms with van der Waals surface area (Å²) in [5.41, 5.74) is 1.95. The first-order chi connectivity index (χ1) is 14.4. The molecule has 14 heteroatoms. The Morgan fingerprint density at radius 2 is 1.97 bits per heavy atom. The van der Waals surface area contributed by atoms with Crippen molar-refractivity contribution in [2.75, 3.05) is 6.54 Å². The van der Waals surface area contributed by atoms with Gasteiger partial charge in [-0.2, -0.15) is 5.10 Å². The molecule has 3 amide bonds. The number of carboxylic acids is 1. The Balaban J connectivity index is 1.64. The summed E-state index contributed by atoms with van der Waals surface area (Å²) < 4.78 is 23.3. The number of carboxylic acid groups (broad SMARTS) is 1. The molecule has 1 aromatic carbocycles. The van der Waals surface area contributed by atoms with Gasteiger partial charge in [-0.25, -0.2) is 18.6 Å². The molecule has 2 saturated heterocycles.